The maximum atomic E-state index is 5.94. The lowest BCUT2D eigenvalue weighted by Gasteiger charge is -2.03. The first kappa shape index (κ1) is 31.0. The first-order valence-electron chi connectivity index (χ1n) is 12.7. The van der Waals surface area contributed by atoms with Gasteiger partial charge in [-0.15, -0.1) is 4.68 Å². The molecule has 0 saturated heterocycles. The summed E-state index contributed by atoms with van der Waals surface area (Å²) in [6.07, 6.45) is 4.06. The molecule has 0 radical (unpaired) electrons. The number of aromatic nitrogens is 4. The molecule has 0 fully saturated rings. The van der Waals surface area contributed by atoms with Crippen LogP contribution in [0.5, 0.6) is 0 Å². The molecule has 0 amide bonds. The van der Waals surface area contributed by atoms with E-state index in [4.69, 9.17) is 23.2 Å². The van der Waals surface area contributed by atoms with Gasteiger partial charge in [0.2, 0.25) is 0 Å². The van der Waals surface area contributed by atoms with Crippen LogP contribution in [-0.2, 0) is 14.1 Å². The van der Waals surface area contributed by atoms with Crippen molar-refractivity contribution in [1.29, 1.82) is 0 Å². The van der Waals surface area contributed by atoms with E-state index >= 15 is 0 Å². The molecule has 0 atom stereocenters. The van der Waals surface area contributed by atoms with E-state index in [2.05, 4.69) is 78.5 Å². The monoisotopic (exact) mass is 757 g/mol. The fourth-order valence-corrected chi connectivity index (χ4v) is 6.84. The molecule has 1 N–H and O–H groups in total. The van der Waals surface area contributed by atoms with Gasteiger partial charge in [-0.3, -0.25) is 4.68 Å². The average molecular weight is 760 g/mol. The molecule has 0 aliphatic rings. The van der Waals surface area contributed by atoms with Gasteiger partial charge in [0.15, 0.2) is 7.05 Å². The van der Waals surface area contributed by atoms with Crippen LogP contribution in [-0.4, -0.2) is 14.9 Å². The van der Waals surface area contributed by atoms with Gasteiger partial charge in [0.05, 0.1) is 11.1 Å². The molecule has 0 aliphatic heterocycles. The number of nitrogens with one attached hydrogen (secondary N) is 1. The van der Waals surface area contributed by atoms with Crippen molar-refractivity contribution in [2.75, 3.05) is 0 Å². The summed E-state index contributed by atoms with van der Waals surface area (Å²) in [5.74, 6) is 0. The zero-order valence-corrected chi connectivity index (χ0v) is 28.9. The lowest BCUT2D eigenvalue weighted by molar-refractivity contribution is -0.717. The molecular weight excluding hydrogens is 735 g/mol. The SMILES string of the molecule is C[n+]1[nH]cc(Sc2ccc(Cl)cc2)c1-c1ccc(Br)cc1.Cn1cc(Sc2ccc(Cl)cc2)c(-c2ccc(Br)cc2)n1. The molecule has 2 heterocycles. The van der Waals surface area contributed by atoms with Crippen molar-refractivity contribution in [3.63, 3.8) is 0 Å². The second-order valence-corrected chi connectivity index (χ2v) is 14.1. The van der Waals surface area contributed by atoms with E-state index in [-0.39, 0.29) is 0 Å². The molecule has 0 unspecified atom stereocenters. The van der Waals surface area contributed by atoms with Crippen LogP contribution in [0.25, 0.3) is 22.5 Å². The Morgan fingerprint density at radius 3 is 1.69 bits per heavy atom. The smallest absolute Gasteiger partial charge is 0.251 e. The highest BCUT2D eigenvalue weighted by Crippen LogP contribution is 2.36. The summed E-state index contributed by atoms with van der Waals surface area (Å²) in [6, 6.07) is 32.3. The molecule has 0 spiro atoms. The van der Waals surface area contributed by atoms with Crippen LogP contribution in [0, 0.1) is 0 Å². The number of aryl methyl sites for hydroxylation is 2. The van der Waals surface area contributed by atoms with Crippen LogP contribution in [0.2, 0.25) is 10.0 Å². The molecule has 212 valence electrons. The number of H-pyrrole nitrogens is 1. The van der Waals surface area contributed by atoms with Crippen molar-refractivity contribution < 1.29 is 4.68 Å². The molecule has 6 aromatic rings. The predicted molar refractivity (Wildman–Crippen MR) is 183 cm³/mol. The van der Waals surface area contributed by atoms with Crippen molar-refractivity contribution in [1.82, 2.24) is 14.9 Å². The summed E-state index contributed by atoms with van der Waals surface area (Å²) in [4.78, 5) is 4.62. The number of hydrogen-bond donors (Lipinski definition) is 1. The van der Waals surface area contributed by atoms with E-state index in [0.717, 1.165) is 44.9 Å². The maximum Gasteiger partial charge on any atom is 0.251 e. The fraction of sp³-hybridized carbons (Fsp3) is 0.0625. The molecule has 6 rings (SSSR count). The molecule has 0 saturated carbocycles. The molecule has 42 heavy (non-hydrogen) atoms. The molecular formula is C32H25Br2Cl2N4S2+. The van der Waals surface area contributed by atoms with Crippen LogP contribution in [0.3, 0.4) is 0 Å². The highest BCUT2D eigenvalue weighted by atomic mass is 79.9. The highest BCUT2D eigenvalue weighted by Gasteiger charge is 2.19. The Bertz CT molecular complexity index is 1720. The lowest BCUT2D eigenvalue weighted by atomic mass is 10.1. The van der Waals surface area contributed by atoms with Crippen molar-refractivity contribution in [2.45, 2.75) is 19.6 Å². The summed E-state index contributed by atoms with van der Waals surface area (Å²) in [5, 5.41) is 9.32. The maximum absolute atomic E-state index is 5.94. The van der Waals surface area contributed by atoms with Crippen molar-refractivity contribution in [3.05, 3.63) is 128 Å². The summed E-state index contributed by atoms with van der Waals surface area (Å²) in [5.41, 5.74) is 4.45. The normalized spacial score (nSPS) is 10.8. The van der Waals surface area contributed by atoms with Gasteiger partial charge in [0.1, 0.15) is 10.6 Å². The number of rotatable bonds is 6. The second-order valence-electron chi connectivity index (χ2n) is 9.19. The minimum absolute atomic E-state index is 0.749. The Balaban J connectivity index is 0.000000168. The number of halogens is 4. The van der Waals surface area contributed by atoms with Crippen molar-refractivity contribution in [2.24, 2.45) is 14.1 Å². The third kappa shape index (κ3) is 8.13. The summed E-state index contributed by atoms with van der Waals surface area (Å²) < 4.78 is 6.02. The number of hydrogen-bond acceptors (Lipinski definition) is 3. The van der Waals surface area contributed by atoms with Crippen LogP contribution in [0.4, 0.5) is 0 Å². The van der Waals surface area contributed by atoms with Gasteiger partial charge >= 0.3 is 0 Å². The second kappa shape index (κ2) is 14.3. The quantitative estimate of drug-likeness (QED) is 0.172. The molecule has 0 aliphatic carbocycles. The summed E-state index contributed by atoms with van der Waals surface area (Å²) in [7, 11) is 3.96. The van der Waals surface area contributed by atoms with E-state index in [1.807, 2.05) is 96.5 Å². The third-order valence-electron chi connectivity index (χ3n) is 6.07. The zero-order chi connectivity index (χ0) is 29.6. The highest BCUT2D eigenvalue weighted by molar-refractivity contribution is 9.10. The molecule has 4 aromatic carbocycles. The average Bonchev–Trinajstić information content (AvgIpc) is 3.53. The van der Waals surface area contributed by atoms with E-state index in [0.29, 0.717) is 0 Å². The minimum Gasteiger partial charge on any atom is -0.274 e. The van der Waals surface area contributed by atoms with E-state index in [1.54, 1.807) is 23.5 Å². The number of benzene rings is 4. The van der Waals surface area contributed by atoms with Crippen LogP contribution >= 0.6 is 78.6 Å². The Hall–Kier alpha value is -2.46. The van der Waals surface area contributed by atoms with Crippen LogP contribution in [0.1, 0.15) is 0 Å². The summed E-state index contributed by atoms with van der Waals surface area (Å²) >= 11 is 22.2. The standard InChI is InChI=1S/2C16H12BrClN2S/c1-20-10-15(21-14-8-6-13(18)7-9-14)16(19-20)11-2-4-12(17)5-3-11;1-20-16(11-2-4-12(17)5-3-11)15(10-19-20)21-14-8-6-13(18)7-9-14/h2*2-10H,1H3/p+1. The Morgan fingerprint density at radius 2 is 1.17 bits per heavy atom. The predicted octanol–water partition coefficient (Wildman–Crippen LogP) is 10.7. The number of aromatic amines is 1. The lowest BCUT2D eigenvalue weighted by Crippen LogP contribution is -2.31. The first-order valence-corrected chi connectivity index (χ1v) is 16.7. The molecule has 2 aromatic heterocycles. The van der Waals surface area contributed by atoms with Gasteiger partial charge in [-0.2, -0.15) is 10.2 Å². The molecule has 4 nitrogen and oxygen atoms in total. The third-order valence-corrected chi connectivity index (χ3v) is 9.70. The zero-order valence-electron chi connectivity index (χ0n) is 22.6. The minimum atomic E-state index is 0.749. The van der Waals surface area contributed by atoms with Crippen LogP contribution in [0.15, 0.2) is 138 Å². The van der Waals surface area contributed by atoms with E-state index < -0.39 is 0 Å². The van der Waals surface area contributed by atoms with Gasteiger partial charge in [-0.1, -0.05) is 90.7 Å². The van der Waals surface area contributed by atoms with Gasteiger partial charge in [-0.25, -0.2) is 0 Å². The topological polar surface area (TPSA) is 37.5 Å². The van der Waals surface area contributed by atoms with Gasteiger partial charge < -0.3 is 0 Å². The Morgan fingerprint density at radius 1 is 0.690 bits per heavy atom. The first-order chi connectivity index (χ1) is 20.2. The Labute approximate surface area is 280 Å². The van der Waals surface area contributed by atoms with Gasteiger partial charge in [0, 0.05) is 53.2 Å². The molecule has 0 bridgehead atoms. The van der Waals surface area contributed by atoms with Crippen molar-refractivity contribution >= 4 is 78.6 Å². The summed E-state index contributed by atoms with van der Waals surface area (Å²) in [6.45, 7) is 0. The fourth-order valence-electron chi connectivity index (χ4n) is 4.08. The van der Waals surface area contributed by atoms with E-state index in [1.165, 1.54) is 16.2 Å². The number of nitrogens with zero attached hydrogens (tertiary/aromatic N) is 3. The Kier molecular flexibility index (Phi) is 10.6. The van der Waals surface area contributed by atoms with Gasteiger partial charge in [0.25, 0.3) is 5.69 Å². The largest absolute Gasteiger partial charge is 0.274 e. The molecule has 10 heteroatoms. The van der Waals surface area contributed by atoms with E-state index in [9.17, 15) is 0 Å². The van der Waals surface area contributed by atoms with Crippen molar-refractivity contribution in [3.8, 4) is 22.5 Å². The van der Waals surface area contributed by atoms with Gasteiger partial charge in [-0.05, 0) is 84.9 Å². The van der Waals surface area contributed by atoms with Crippen LogP contribution < -0.4 is 4.68 Å².